The van der Waals surface area contributed by atoms with Crippen molar-refractivity contribution in [3.63, 3.8) is 0 Å². The van der Waals surface area contributed by atoms with E-state index in [9.17, 15) is 4.79 Å². The summed E-state index contributed by atoms with van der Waals surface area (Å²) in [5, 5.41) is 2.30. The Morgan fingerprint density at radius 1 is 1.32 bits per heavy atom. The molecule has 22 heavy (non-hydrogen) atoms. The summed E-state index contributed by atoms with van der Waals surface area (Å²) in [6, 6.07) is 14.4. The van der Waals surface area contributed by atoms with E-state index in [0.717, 1.165) is 23.9 Å². The van der Waals surface area contributed by atoms with Crippen LogP contribution in [-0.2, 0) is 15.1 Å². The van der Waals surface area contributed by atoms with Gasteiger partial charge in [-0.3, -0.25) is 4.90 Å². The van der Waals surface area contributed by atoms with Gasteiger partial charge in [0, 0.05) is 5.92 Å². The van der Waals surface area contributed by atoms with E-state index in [2.05, 4.69) is 35.7 Å². The summed E-state index contributed by atoms with van der Waals surface area (Å²) in [6.07, 6.45) is 2.79. The number of hydrogen-bond donors (Lipinski definition) is 0. The Hall–Kier alpha value is -2.13. The Bertz CT molecular complexity index is 724. The number of nitrogens with zero attached hydrogens (tertiary/aromatic N) is 1. The van der Waals surface area contributed by atoms with E-state index in [4.69, 9.17) is 4.74 Å². The minimum Gasteiger partial charge on any atom is -0.467 e. The van der Waals surface area contributed by atoms with Crippen molar-refractivity contribution in [2.75, 3.05) is 20.7 Å². The third kappa shape index (κ3) is 1.97. The zero-order valence-corrected chi connectivity index (χ0v) is 13.1. The van der Waals surface area contributed by atoms with E-state index in [1.807, 2.05) is 31.3 Å². The largest absolute Gasteiger partial charge is 0.467 e. The van der Waals surface area contributed by atoms with Gasteiger partial charge >= 0.3 is 5.97 Å². The fourth-order valence-electron chi connectivity index (χ4n) is 3.73. The number of fused-ring (bicyclic) bond motifs is 1. The van der Waals surface area contributed by atoms with Crippen LogP contribution in [0.15, 0.2) is 55.1 Å². The summed E-state index contributed by atoms with van der Waals surface area (Å²) in [4.78, 5) is 14.8. The number of likely N-dealkylation sites (N-methyl/N-ethyl adjacent to an activating group) is 1. The van der Waals surface area contributed by atoms with Crippen molar-refractivity contribution >= 4 is 16.7 Å². The van der Waals surface area contributed by atoms with Crippen molar-refractivity contribution in [3.8, 4) is 0 Å². The molecule has 3 heteroatoms. The van der Waals surface area contributed by atoms with Crippen LogP contribution in [0.5, 0.6) is 0 Å². The minimum absolute atomic E-state index is 0.0473. The molecule has 1 saturated heterocycles. The average molecular weight is 295 g/mol. The molecule has 114 valence electrons. The van der Waals surface area contributed by atoms with E-state index in [1.54, 1.807) is 0 Å². The first kappa shape index (κ1) is 14.8. The Balaban J connectivity index is 2.24. The molecule has 3 nitrogen and oxygen atoms in total. The number of rotatable bonds is 3. The smallest absolute Gasteiger partial charge is 0.331 e. The van der Waals surface area contributed by atoms with Gasteiger partial charge in [-0.1, -0.05) is 42.5 Å². The molecule has 0 bridgehead atoms. The Morgan fingerprint density at radius 3 is 2.73 bits per heavy atom. The molecular formula is C19H21NO2. The SMILES string of the molecule is C=C[C@H]1CCN(C)[C@]1(C(=O)OC)c1ccc2ccccc2c1. The van der Waals surface area contributed by atoms with E-state index >= 15 is 0 Å². The van der Waals surface area contributed by atoms with Gasteiger partial charge in [0.15, 0.2) is 5.54 Å². The number of esters is 1. The van der Waals surface area contributed by atoms with Crippen molar-refractivity contribution in [1.82, 2.24) is 4.90 Å². The Labute approximate surface area is 131 Å². The zero-order chi connectivity index (χ0) is 15.7. The van der Waals surface area contributed by atoms with E-state index < -0.39 is 5.54 Å². The van der Waals surface area contributed by atoms with Gasteiger partial charge in [0.1, 0.15) is 0 Å². The van der Waals surface area contributed by atoms with Crippen LogP contribution in [0.3, 0.4) is 0 Å². The maximum absolute atomic E-state index is 12.7. The normalized spacial score (nSPS) is 25.3. The van der Waals surface area contributed by atoms with Crippen molar-refractivity contribution in [2.45, 2.75) is 12.0 Å². The minimum atomic E-state index is -0.777. The molecule has 0 saturated carbocycles. The lowest BCUT2D eigenvalue weighted by Gasteiger charge is -2.37. The van der Waals surface area contributed by atoms with Crippen molar-refractivity contribution < 1.29 is 9.53 Å². The number of carbonyl (C=O) groups is 1. The second-order valence-corrected chi connectivity index (χ2v) is 5.87. The van der Waals surface area contributed by atoms with Crippen LogP contribution in [0.1, 0.15) is 12.0 Å². The molecule has 1 aliphatic rings. The van der Waals surface area contributed by atoms with Crippen LogP contribution in [-0.4, -0.2) is 31.6 Å². The van der Waals surface area contributed by atoms with Crippen LogP contribution in [0.25, 0.3) is 10.8 Å². The first-order chi connectivity index (χ1) is 10.6. The van der Waals surface area contributed by atoms with Crippen molar-refractivity contribution in [3.05, 3.63) is 60.7 Å². The molecule has 1 heterocycles. The Morgan fingerprint density at radius 2 is 2.05 bits per heavy atom. The second kappa shape index (κ2) is 5.58. The number of carbonyl (C=O) groups excluding carboxylic acids is 1. The van der Waals surface area contributed by atoms with Crippen LogP contribution >= 0.6 is 0 Å². The monoisotopic (exact) mass is 295 g/mol. The number of benzene rings is 2. The van der Waals surface area contributed by atoms with E-state index in [1.165, 1.54) is 12.5 Å². The van der Waals surface area contributed by atoms with Gasteiger partial charge in [-0.15, -0.1) is 6.58 Å². The number of likely N-dealkylation sites (tertiary alicyclic amines) is 1. The Kier molecular flexibility index (Phi) is 3.75. The molecule has 0 aliphatic carbocycles. The van der Waals surface area contributed by atoms with Crippen LogP contribution in [0, 0.1) is 5.92 Å². The fraction of sp³-hybridized carbons (Fsp3) is 0.316. The zero-order valence-electron chi connectivity index (χ0n) is 13.1. The average Bonchev–Trinajstić information content (AvgIpc) is 2.91. The maximum atomic E-state index is 12.7. The quantitative estimate of drug-likeness (QED) is 0.642. The predicted octanol–water partition coefficient (Wildman–Crippen LogP) is 3.35. The second-order valence-electron chi connectivity index (χ2n) is 5.87. The van der Waals surface area contributed by atoms with E-state index in [0.29, 0.717) is 0 Å². The van der Waals surface area contributed by atoms with Crippen LogP contribution in [0.2, 0.25) is 0 Å². The maximum Gasteiger partial charge on any atom is 0.331 e. The van der Waals surface area contributed by atoms with Crippen molar-refractivity contribution in [1.29, 1.82) is 0 Å². The van der Waals surface area contributed by atoms with Gasteiger partial charge in [0.2, 0.25) is 0 Å². The first-order valence-electron chi connectivity index (χ1n) is 7.56. The topological polar surface area (TPSA) is 29.5 Å². The molecule has 0 amide bonds. The third-order valence-corrected chi connectivity index (χ3v) is 4.88. The molecule has 1 fully saturated rings. The summed E-state index contributed by atoms with van der Waals surface area (Å²) in [6.45, 7) is 4.79. The number of hydrogen-bond acceptors (Lipinski definition) is 3. The summed E-state index contributed by atoms with van der Waals surface area (Å²) >= 11 is 0. The lowest BCUT2D eigenvalue weighted by atomic mass is 9.78. The molecular weight excluding hydrogens is 274 g/mol. The number of methoxy groups -OCH3 is 1. The molecule has 2 aromatic carbocycles. The summed E-state index contributed by atoms with van der Waals surface area (Å²) < 4.78 is 5.18. The van der Waals surface area contributed by atoms with Gasteiger partial charge < -0.3 is 4.74 Å². The lowest BCUT2D eigenvalue weighted by Crippen LogP contribution is -2.50. The highest BCUT2D eigenvalue weighted by Crippen LogP contribution is 2.44. The van der Waals surface area contributed by atoms with Gasteiger partial charge in [0.05, 0.1) is 7.11 Å². The molecule has 0 aromatic heterocycles. The molecule has 1 aliphatic heterocycles. The van der Waals surface area contributed by atoms with Crippen molar-refractivity contribution in [2.24, 2.45) is 5.92 Å². The van der Waals surface area contributed by atoms with Gasteiger partial charge in [-0.25, -0.2) is 4.79 Å². The fourth-order valence-corrected chi connectivity index (χ4v) is 3.73. The number of ether oxygens (including phenoxy) is 1. The summed E-state index contributed by atoms with van der Waals surface area (Å²) in [5.74, 6) is -0.168. The molecule has 0 unspecified atom stereocenters. The molecule has 2 atom stereocenters. The van der Waals surface area contributed by atoms with Crippen LogP contribution < -0.4 is 0 Å². The molecule has 2 aromatic rings. The first-order valence-corrected chi connectivity index (χ1v) is 7.56. The van der Waals surface area contributed by atoms with Gasteiger partial charge in [0.25, 0.3) is 0 Å². The highest BCUT2D eigenvalue weighted by Gasteiger charge is 2.54. The molecule has 0 radical (unpaired) electrons. The highest BCUT2D eigenvalue weighted by atomic mass is 16.5. The molecule has 0 spiro atoms. The summed E-state index contributed by atoms with van der Waals surface area (Å²) in [5.41, 5.74) is 0.198. The molecule has 3 rings (SSSR count). The van der Waals surface area contributed by atoms with Gasteiger partial charge in [-0.2, -0.15) is 0 Å². The van der Waals surface area contributed by atoms with Gasteiger partial charge in [-0.05, 0) is 42.4 Å². The van der Waals surface area contributed by atoms with Crippen LogP contribution in [0.4, 0.5) is 0 Å². The molecule has 0 N–H and O–H groups in total. The third-order valence-electron chi connectivity index (χ3n) is 4.88. The lowest BCUT2D eigenvalue weighted by molar-refractivity contribution is -0.155. The van der Waals surface area contributed by atoms with E-state index in [-0.39, 0.29) is 11.9 Å². The predicted molar refractivity (Wildman–Crippen MR) is 88.6 cm³/mol. The standard InChI is InChI=1S/C19H21NO2/c1-4-16-11-12-20(2)19(16,18(21)22-3)17-10-9-14-7-5-6-8-15(14)13-17/h4-10,13,16H,1,11-12H2,2-3H3/t16-,19-/m0/s1. The summed E-state index contributed by atoms with van der Waals surface area (Å²) in [7, 11) is 3.44. The highest BCUT2D eigenvalue weighted by molar-refractivity contribution is 5.88.